The maximum Gasteiger partial charge on any atom is 0.348 e. The monoisotopic (exact) mass is 447 g/mol. The molecular formula is C21H25N3O4S2. The summed E-state index contributed by atoms with van der Waals surface area (Å²) in [5, 5.41) is 0. The van der Waals surface area contributed by atoms with Crippen LogP contribution in [0.4, 0.5) is 0 Å². The van der Waals surface area contributed by atoms with Gasteiger partial charge in [-0.3, -0.25) is 0 Å². The number of carbonyl (C=O) groups excluding carboxylic acids is 1. The molecule has 1 fully saturated rings. The number of piperidine rings is 1. The van der Waals surface area contributed by atoms with Crippen molar-refractivity contribution >= 4 is 38.4 Å². The van der Waals surface area contributed by atoms with Crippen molar-refractivity contribution in [1.82, 2.24) is 13.9 Å². The van der Waals surface area contributed by atoms with E-state index in [0.29, 0.717) is 35.9 Å². The van der Waals surface area contributed by atoms with E-state index in [4.69, 9.17) is 4.74 Å². The van der Waals surface area contributed by atoms with Gasteiger partial charge in [0.2, 0.25) is 10.0 Å². The number of hydrogen-bond donors (Lipinski definition) is 0. The molecule has 0 spiro atoms. The van der Waals surface area contributed by atoms with Gasteiger partial charge in [0.25, 0.3) is 0 Å². The second-order valence-corrected chi connectivity index (χ2v) is 10.6. The van der Waals surface area contributed by atoms with E-state index in [2.05, 4.69) is 4.98 Å². The number of aryl methyl sites for hydroxylation is 2. The number of sulfonamides is 1. The van der Waals surface area contributed by atoms with Crippen LogP contribution in [-0.2, 0) is 27.9 Å². The van der Waals surface area contributed by atoms with Gasteiger partial charge >= 0.3 is 5.97 Å². The molecule has 0 radical (unpaired) electrons. The van der Waals surface area contributed by atoms with Crippen molar-refractivity contribution in [3.63, 3.8) is 0 Å². The third-order valence-corrected chi connectivity index (χ3v) is 8.22. The lowest BCUT2D eigenvalue weighted by Gasteiger charge is -2.25. The number of hydrogen-bond acceptors (Lipinski definition) is 6. The van der Waals surface area contributed by atoms with Gasteiger partial charge in [0, 0.05) is 24.5 Å². The molecule has 2 aromatic heterocycles. The molecule has 0 atom stereocenters. The van der Waals surface area contributed by atoms with Crippen LogP contribution in [0.15, 0.2) is 35.2 Å². The number of ether oxygens (including phenoxy) is 1. The highest BCUT2D eigenvalue weighted by molar-refractivity contribution is 7.89. The fraction of sp³-hybridized carbons (Fsp3) is 0.429. The highest BCUT2D eigenvalue weighted by Crippen LogP contribution is 2.25. The van der Waals surface area contributed by atoms with Crippen molar-refractivity contribution < 1.29 is 17.9 Å². The zero-order chi connectivity index (χ0) is 21.3. The molecule has 4 rings (SSSR count). The topological polar surface area (TPSA) is 81.5 Å². The standard InChI is InChI=1S/C21H25N3O4S2/c1-3-24-18-9-8-16(30(26,27)23-11-5-4-6-12-23)13-17(18)22-20(24)14-28-21(25)19-10-7-15(2)29-19/h7-10,13H,3-6,11-12,14H2,1-2H3. The molecule has 1 aliphatic heterocycles. The Hall–Kier alpha value is -2.23. The third-order valence-electron chi connectivity index (χ3n) is 5.34. The first-order valence-corrected chi connectivity index (χ1v) is 12.4. The number of fused-ring (bicyclic) bond motifs is 1. The molecule has 9 heteroatoms. The van der Waals surface area contributed by atoms with Crippen LogP contribution in [-0.4, -0.2) is 41.3 Å². The Morgan fingerprint density at radius 1 is 1.17 bits per heavy atom. The Morgan fingerprint density at radius 2 is 1.93 bits per heavy atom. The van der Waals surface area contributed by atoms with Crippen molar-refractivity contribution in [2.24, 2.45) is 0 Å². The Balaban J connectivity index is 1.59. The molecule has 0 bridgehead atoms. The smallest absolute Gasteiger partial charge is 0.348 e. The Bertz CT molecular complexity index is 1170. The molecule has 1 aliphatic rings. The fourth-order valence-electron chi connectivity index (χ4n) is 3.78. The van der Waals surface area contributed by atoms with Gasteiger partial charge in [0.1, 0.15) is 17.3 Å². The normalized spacial score (nSPS) is 15.5. The van der Waals surface area contributed by atoms with Crippen LogP contribution in [0.1, 0.15) is 46.6 Å². The maximum absolute atomic E-state index is 13.0. The predicted octanol–water partition coefficient (Wildman–Crippen LogP) is 3.96. The van der Waals surface area contributed by atoms with E-state index < -0.39 is 10.0 Å². The molecule has 30 heavy (non-hydrogen) atoms. The highest BCUT2D eigenvalue weighted by atomic mass is 32.2. The number of thiophene rings is 1. The van der Waals surface area contributed by atoms with E-state index in [1.165, 1.54) is 11.3 Å². The van der Waals surface area contributed by atoms with Gasteiger partial charge in [0.05, 0.1) is 15.9 Å². The number of nitrogens with zero attached hydrogens (tertiary/aromatic N) is 3. The minimum absolute atomic E-state index is 0.0342. The zero-order valence-corrected chi connectivity index (χ0v) is 18.8. The summed E-state index contributed by atoms with van der Waals surface area (Å²) < 4.78 is 34.9. The summed E-state index contributed by atoms with van der Waals surface area (Å²) in [6, 6.07) is 8.69. The number of esters is 1. The van der Waals surface area contributed by atoms with Crippen LogP contribution in [0.5, 0.6) is 0 Å². The lowest BCUT2D eigenvalue weighted by molar-refractivity contribution is 0.0464. The molecule has 0 amide bonds. The average Bonchev–Trinajstić information content (AvgIpc) is 3.35. The van der Waals surface area contributed by atoms with Gasteiger partial charge < -0.3 is 9.30 Å². The summed E-state index contributed by atoms with van der Waals surface area (Å²) in [6.45, 7) is 5.72. The number of rotatable bonds is 6. The number of imidazole rings is 1. The number of benzene rings is 1. The first-order valence-electron chi connectivity index (χ1n) is 10.1. The second-order valence-electron chi connectivity index (χ2n) is 7.37. The molecular weight excluding hydrogens is 422 g/mol. The minimum atomic E-state index is -3.52. The van der Waals surface area contributed by atoms with Crippen LogP contribution >= 0.6 is 11.3 Å². The Kier molecular flexibility index (Phi) is 5.95. The lowest BCUT2D eigenvalue weighted by Crippen LogP contribution is -2.35. The second kappa shape index (κ2) is 8.49. The van der Waals surface area contributed by atoms with Crippen molar-refractivity contribution in [2.75, 3.05) is 13.1 Å². The van der Waals surface area contributed by atoms with Crippen LogP contribution in [0.3, 0.4) is 0 Å². The van der Waals surface area contributed by atoms with Gasteiger partial charge in [-0.1, -0.05) is 6.42 Å². The first-order chi connectivity index (χ1) is 14.4. The quantitative estimate of drug-likeness (QED) is 0.534. The summed E-state index contributed by atoms with van der Waals surface area (Å²) in [6.07, 6.45) is 2.86. The van der Waals surface area contributed by atoms with Crippen LogP contribution in [0, 0.1) is 6.92 Å². The van der Waals surface area contributed by atoms with E-state index in [0.717, 1.165) is 29.7 Å². The molecule has 0 unspecified atom stereocenters. The third kappa shape index (κ3) is 4.01. The number of carbonyl (C=O) groups is 1. The lowest BCUT2D eigenvalue weighted by atomic mass is 10.2. The summed E-state index contributed by atoms with van der Waals surface area (Å²) in [5.74, 6) is 0.220. The van der Waals surface area contributed by atoms with Crippen LogP contribution in [0.2, 0.25) is 0 Å². The number of aromatic nitrogens is 2. The molecule has 160 valence electrons. The van der Waals surface area contributed by atoms with Crippen molar-refractivity contribution in [3.8, 4) is 0 Å². The summed E-state index contributed by atoms with van der Waals surface area (Å²) in [7, 11) is -3.52. The van der Waals surface area contributed by atoms with Crippen molar-refractivity contribution in [3.05, 3.63) is 45.9 Å². The van der Waals surface area contributed by atoms with Gasteiger partial charge in [-0.2, -0.15) is 4.31 Å². The van der Waals surface area contributed by atoms with E-state index in [1.807, 2.05) is 24.5 Å². The van der Waals surface area contributed by atoms with Crippen LogP contribution in [0.25, 0.3) is 11.0 Å². The van der Waals surface area contributed by atoms with Gasteiger partial charge in [-0.15, -0.1) is 11.3 Å². The van der Waals surface area contributed by atoms with E-state index in [9.17, 15) is 13.2 Å². The summed E-state index contributed by atoms with van der Waals surface area (Å²) >= 11 is 1.39. The van der Waals surface area contributed by atoms with Crippen molar-refractivity contribution in [2.45, 2.75) is 51.2 Å². The Morgan fingerprint density at radius 3 is 2.60 bits per heavy atom. The Labute approximate surface area is 180 Å². The molecule has 3 heterocycles. The molecule has 0 aliphatic carbocycles. The largest absolute Gasteiger partial charge is 0.453 e. The van der Waals surface area contributed by atoms with Gasteiger partial charge in [-0.25, -0.2) is 18.2 Å². The maximum atomic E-state index is 13.0. The minimum Gasteiger partial charge on any atom is -0.453 e. The predicted molar refractivity (Wildman–Crippen MR) is 116 cm³/mol. The summed E-state index contributed by atoms with van der Waals surface area (Å²) in [5.41, 5.74) is 1.42. The van der Waals surface area contributed by atoms with E-state index in [-0.39, 0.29) is 17.5 Å². The van der Waals surface area contributed by atoms with Gasteiger partial charge in [-0.05, 0) is 57.0 Å². The van der Waals surface area contributed by atoms with Crippen molar-refractivity contribution in [1.29, 1.82) is 0 Å². The highest BCUT2D eigenvalue weighted by Gasteiger charge is 2.26. The molecule has 1 saturated heterocycles. The summed E-state index contributed by atoms with van der Waals surface area (Å²) in [4.78, 5) is 18.7. The van der Waals surface area contributed by atoms with E-state index in [1.54, 1.807) is 28.6 Å². The molecule has 3 aromatic rings. The molecule has 7 nitrogen and oxygen atoms in total. The zero-order valence-electron chi connectivity index (χ0n) is 17.1. The molecule has 0 N–H and O–H groups in total. The van der Waals surface area contributed by atoms with E-state index >= 15 is 0 Å². The molecule has 1 aromatic carbocycles. The first kappa shape index (κ1) is 21.0. The average molecular weight is 448 g/mol. The van der Waals surface area contributed by atoms with Crippen LogP contribution < -0.4 is 0 Å². The molecule has 0 saturated carbocycles. The SMILES string of the molecule is CCn1c(COC(=O)c2ccc(C)s2)nc2cc(S(=O)(=O)N3CCCCC3)ccc21. The van der Waals surface area contributed by atoms with Gasteiger partial charge in [0.15, 0.2) is 0 Å². The fourth-order valence-corrected chi connectivity index (χ4v) is 6.08.